The lowest BCUT2D eigenvalue weighted by atomic mass is 10.1. The number of nitrogens with zero attached hydrogens (tertiary/aromatic N) is 5. The zero-order valence-electron chi connectivity index (χ0n) is 22.8. The largest absolute Gasteiger partial charge is 0.481 e. The van der Waals surface area contributed by atoms with Crippen molar-refractivity contribution < 1.29 is 74.5 Å². The van der Waals surface area contributed by atoms with Gasteiger partial charge in [-0.1, -0.05) is 0 Å². The van der Waals surface area contributed by atoms with E-state index in [9.17, 15) is 20.3 Å². The van der Waals surface area contributed by atoms with Crippen molar-refractivity contribution in [3.63, 3.8) is 0 Å². The van der Waals surface area contributed by atoms with Crippen molar-refractivity contribution in [1.82, 2.24) is 19.5 Å². The minimum atomic E-state index is -2.58. The Hall–Kier alpha value is -5.06. The molecule has 3 rings (SSSR count). The molecule has 0 saturated carbocycles. The van der Waals surface area contributed by atoms with Crippen LogP contribution in [0.5, 0.6) is 0 Å². The number of rotatable bonds is 3. The monoisotopic (exact) mass is 612 g/mol. The number of aliphatic hydroxyl groups is 3. The molecule has 0 amide bonds. The van der Waals surface area contributed by atoms with E-state index in [-0.39, 0.29) is 17.0 Å². The van der Waals surface area contributed by atoms with Gasteiger partial charge in [-0.25, -0.2) is 19.5 Å². The third kappa shape index (κ3) is 15.5. The van der Waals surface area contributed by atoms with E-state index < -0.39 is 65.5 Å². The van der Waals surface area contributed by atoms with Crippen LogP contribution in [0.2, 0.25) is 0 Å². The topological polar surface area (TPSA) is 369 Å². The second-order valence-corrected chi connectivity index (χ2v) is 7.33. The van der Waals surface area contributed by atoms with Crippen LogP contribution >= 0.6 is 0 Å². The molecule has 0 spiro atoms. The number of carboxylic acid groups (broad SMARTS) is 5. The van der Waals surface area contributed by atoms with Crippen LogP contribution < -0.4 is 5.73 Å². The highest BCUT2D eigenvalue weighted by atomic mass is 16.7. The van der Waals surface area contributed by atoms with Gasteiger partial charge in [-0.05, 0) is 0 Å². The lowest BCUT2D eigenvalue weighted by Gasteiger charge is -2.23. The second-order valence-electron chi connectivity index (χ2n) is 7.33. The van der Waals surface area contributed by atoms with Crippen molar-refractivity contribution in [1.29, 1.82) is 0 Å². The number of nitrogen functional groups attached to an aromatic ring is 1. The number of imidazole rings is 1. The average Bonchev–Trinajstić information content (AvgIpc) is 3.33. The first-order valence-corrected chi connectivity index (χ1v) is 10.8. The van der Waals surface area contributed by atoms with Crippen LogP contribution in [0.15, 0.2) is 12.7 Å². The van der Waals surface area contributed by atoms with Crippen LogP contribution in [0, 0.1) is 10.1 Å². The number of nitro groups is 1. The van der Waals surface area contributed by atoms with Gasteiger partial charge in [0, 0.05) is 34.6 Å². The molecule has 0 aliphatic carbocycles. The summed E-state index contributed by atoms with van der Waals surface area (Å²) >= 11 is 0. The summed E-state index contributed by atoms with van der Waals surface area (Å²) < 4.78 is 6.00. The van der Waals surface area contributed by atoms with Crippen LogP contribution in [-0.2, 0) is 34.6 Å². The fourth-order valence-electron chi connectivity index (χ4n) is 2.46. The molecule has 0 radical (unpaired) electrons. The van der Waals surface area contributed by atoms with Crippen molar-refractivity contribution in [2.75, 3.05) is 12.3 Å². The van der Waals surface area contributed by atoms with Gasteiger partial charge in [0.15, 0.2) is 17.0 Å². The highest BCUT2D eigenvalue weighted by molar-refractivity contribution is 5.81. The van der Waals surface area contributed by atoms with Gasteiger partial charge in [-0.2, -0.15) is 0 Å². The fraction of sp³-hybridized carbons (Fsp3) is 0.500. The summed E-state index contributed by atoms with van der Waals surface area (Å²) in [5.41, 5.74) is 5.65. The molecule has 238 valence electrons. The molecule has 1 fully saturated rings. The number of aliphatic carboxylic acids is 5. The first kappa shape index (κ1) is 41.4. The summed E-state index contributed by atoms with van der Waals surface area (Å²) in [4.78, 5) is 67.1. The Bertz CT molecular complexity index is 1110. The molecule has 1 saturated heterocycles. The minimum Gasteiger partial charge on any atom is -0.481 e. The highest BCUT2D eigenvalue weighted by Crippen LogP contribution is 2.38. The third-order valence-corrected chi connectivity index (χ3v) is 3.56. The van der Waals surface area contributed by atoms with Crippen LogP contribution in [0.4, 0.5) is 5.82 Å². The maximum atomic E-state index is 11.6. The van der Waals surface area contributed by atoms with Gasteiger partial charge in [0.05, 0.1) is 11.5 Å². The maximum absolute atomic E-state index is 11.6. The number of carbonyl (C=O) groups is 5. The van der Waals surface area contributed by atoms with Gasteiger partial charge in [-0.3, -0.25) is 38.8 Å². The number of aliphatic hydroxyl groups excluding tert-OH is 3. The number of hydrogen-bond donors (Lipinski definition) is 9. The molecule has 0 bridgehead atoms. The van der Waals surface area contributed by atoms with Crippen LogP contribution in [0.25, 0.3) is 11.2 Å². The quantitative estimate of drug-likeness (QED) is 0.132. The molecule has 0 aromatic carbocycles. The first-order chi connectivity index (χ1) is 19.1. The number of carboxylic acids is 5. The van der Waals surface area contributed by atoms with Crippen molar-refractivity contribution in [3.05, 3.63) is 22.8 Å². The number of ether oxygens (including phenoxy) is 1. The lowest BCUT2D eigenvalue weighted by Crippen LogP contribution is -2.51. The highest BCUT2D eigenvalue weighted by Gasteiger charge is 2.66. The first-order valence-electron chi connectivity index (χ1n) is 10.8. The van der Waals surface area contributed by atoms with Crippen LogP contribution in [0.3, 0.4) is 0 Å². The van der Waals surface area contributed by atoms with Crippen molar-refractivity contribution in [3.8, 4) is 0 Å². The summed E-state index contributed by atoms with van der Waals surface area (Å²) in [7, 11) is 0. The number of hydrogen-bond acceptors (Lipinski definition) is 15. The molecule has 0 unspecified atom stereocenters. The molecule has 2 aromatic rings. The number of nitrogens with two attached hydrogens (primary N) is 1. The smallest absolute Gasteiger partial charge is 0.445 e. The molecular formula is C20H32N6O16. The van der Waals surface area contributed by atoms with Crippen molar-refractivity contribution in [2.45, 2.75) is 58.8 Å². The fourth-order valence-corrected chi connectivity index (χ4v) is 2.46. The predicted molar refractivity (Wildman–Crippen MR) is 135 cm³/mol. The molecule has 10 N–H and O–H groups in total. The summed E-state index contributed by atoms with van der Waals surface area (Å²) in [5, 5.41) is 77.8. The molecule has 42 heavy (non-hydrogen) atoms. The standard InChI is InChI=1S/C10H12N6O6.5C2H4O2/c11-8-5-9(13-2-12-8)15(3-14-5)10(16(20)21)7(19)6(18)4(1-17)22-10;5*1-2(3)4/h2-4,6-7,17-19H,1H2,(H2,11,12,13);5*1H3,(H,3,4)/t4-,6-,7-,10-;;;;;/m1...../s1. The molecular weight excluding hydrogens is 580 g/mol. The van der Waals surface area contributed by atoms with E-state index in [4.69, 9.17) is 65.1 Å². The van der Waals surface area contributed by atoms with Gasteiger partial charge in [-0.15, -0.1) is 0 Å². The SMILES string of the molecule is CC(=O)O.CC(=O)O.CC(=O)O.CC(=O)O.CC(=O)O.Nc1ncnc2c1ncn2[C@]1([N+](=O)[O-])O[C@H](CO)[C@@H](O)[C@H]1O. The lowest BCUT2D eigenvalue weighted by molar-refractivity contribution is -0.671. The Morgan fingerprint density at radius 2 is 1.29 bits per heavy atom. The van der Waals surface area contributed by atoms with Gasteiger partial charge in [0.25, 0.3) is 29.8 Å². The number of aromatic nitrogens is 4. The minimum absolute atomic E-state index is 0.00556. The number of fused-ring (bicyclic) bond motifs is 1. The molecule has 3 heterocycles. The normalized spacial score (nSPS) is 19.6. The Labute approximate surface area is 235 Å². The molecule has 22 nitrogen and oxygen atoms in total. The van der Waals surface area contributed by atoms with E-state index >= 15 is 0 Å². The number of anilines is 1. The van der Waals surface area contributed by atoms with E-state index in [2.05, 4.69) is 15.0 Å². The Kier molecular flexibility index (Phi) is 19.6. The molecule has 2 aromatic heterocycles. The summed E-state index contributed by atoms with van der Waals surface area (Å²) in [6.45, 7) is 4.71. The third-order valence-electron chi connectivity index (χ3n) is 3.56. The zero-order chi connectivity index (χ0) is 34.0. The van der Waals surface area contributed by atoms with Gasteiger partial charge < -0.3 is 46.6 Å². The summed E-state index contributed by atoms with van der Waals surface area (Å²) in [6, 6.07) is 0. The van der Waals surface area contributed by atoms with Gasteiger partial charge >= 0.3 is 5.85 Å². The average molecular weight is 613 g/mol. The predicted octanol–water partition coefficient (Wildman–Crippen LogP) is -2.14. The van der Waals surface area contributed by atoms with Gasteiger partial charge in [0.2, 0.25) is 6.10 Å². The van der Waals surface area contributed by atoms with E-state index in [1.54, 1.807) is 0 Å². The summed E-state index contributed by atoms with van der Waals surface area (Å²) in [6.07, 6.45) is -2.86. The van der Waals surface area contributed by atoms with Crippen molar-refractivity contribution in [2.24, 2.45) is 0 Å². The van der Waals surface area contributed by atoms with Crippen LogP contribution in [0.1, 0.15) is 34.6 Å². The molecule has 4 atom stereocenters. The zero-order valence-corrected chi connectivity index (χ0v) is 22.8. The van der Waals surface area contributed by atoms with Crippen molar-refractivity contribution >= 4 is 46.8 Å². The molecule has 22 heteroatoms. The Morgan fingerprint density at radius 3 is 1.60 bits per heavy atom. The van der Waals surface area contributed by atoms with E-state index in [0.717, 1.165) is 51.8 Å². The van der Waals surface area contributed by atoms with E-state index in [1.165, 1.54) is 0 Å². The Balaban J connectivity index is -0.000000622. The summed E-state index contributed by atoms with van der Waals surface area (Å²) in [5.74, 6) is -6.75. The Morgan fingerprint density at radius 1 is 0.905 bits per heavy atom. The second kappa shape index (κ2) is 19.9. The van der Waals surface area contributed by atoms with Gasteiger partial charge in [0.1, 0.15) is 24.9 Å². The maximum Gasteiger partial charge on any atom is 0.445 e. The van der Waals surface area contributed by atoms with E-state index in [0.29, 0.717) is 0 Å². The van der Waals surface area contributed by atoms with Crippen LogP contribution in [-0.4, -0.2) is 120 Å². The molecule has 1 aliphatic heterocycles. The van der Waals surface area contributed by atoms with E-state index in [1.807, 2.05) is 0 Å². The molecule has 1 aliphatic rings.